The topological polar surface area (TPSA) is 42.0 Å². The van der Waals surface area contributed by atoms with Gasteiger partial charge in [-0.2, -0.15) is 4.39 Å². The summed E-state index contributed by atoms with van der Waals surface area (Å²) in [5.41, 5.74) is 1.71. The average Bonchev–Trinajstić information content (AvgIpc) is 2.36. The van der Waals surface area contributed by atoms with E-state index in [1.165, 1.54) is 12.3 Å². The Labute approximate surface area is 122 Å². The van der Waals surface area contributed by atoms with Gasteiger partial charge in [-0.05, 0) is 52.7 Å². The number of nitrogens with zero attached hydrogens (tertiary/aromatic N) is 1. The molecule has 19 heavy (non-hydrogen) atoms. The van der Waals surface area contributed by atoms with Gasteiger partial charge < -0.3 is 5.32 Å². The van der Waals surface area contributed by atoms with Crippen molar-refractivity contribution in [3.63, 3.8) is 0 Å². The van der Waals surface area contributed by atoms with Gasteiger partial charge >= 0.3 is 0 Å². The Morgan fingerprint density at radius 1 is 1.42 bits per heavy atom. The zero-order valence-electron chi connectivity index (χ0n) is 9.88. The van der Waals surface area contributed by atoms with Crippen molar-refractivity contribution in [3.8, 4) is 0 Å². The molecule has 1 N–H and O–H groups in total. The molecule has 3 nitrogen and oxygen atoms in total. The third-order valence-corrected chi connectivity index (χ3v) is 3.55. The van der Waals surface area contributed by atoms with Gasteiger partial charge in [0.05, 0.1) is 11.3 Å². The predicted octanol–water partition coefficient (Wildman–Crippen LogP) is 4.20. The number of rotatable bonds is 2. The van der Waals surface area contributed by atoms with E-state index in [-0.39, 0.29) is 11.5 Å². The van der Waals surface area contributed by atoms with Crippen molar-refractivity contribution < 1.29 is 9.18 Å². The number of aromatic nitrogens is 1. The SMILES string of the molecule is Cc1cc(Br)c(NC(=O)c2ccc(F)nc2)cc1Cl. The van der Waals surface area contributed by atoms with Gasteiger partial charge in [0.15, 0.2) is 0 Å². The summed E-state index contributed by atoms with van der Waals surface area (Å²) in [7, 11) is 0. The second-order valence-electron chi connectivity index (χ2n) is 3.90. The molecule has 2 rings (SSSR count). The Morgan fingerprint density at radius 3 is 2.79 bits per heavy atom. The average molecular weight is 344 g/mol. The lowest BCUT2D eigenvalue weighted by Gasteiger charge is -2.09. The summed E-state index contributed by atoms with van der Waals surface area (Å²) < 4.78 is 13.4. The number of hydrogen-bond donors (Lipinski definition) is 1. The largest absolute Gasteiger partial charge is 0.321 e. The number of benzene rings is 1. The molecule has 0 aliphatic heterocycles. The van der Waals surface area contributed by atoms with Crippen LogP contribution in [0.3, 0.4) is 0 Å². The predicted molar refractivity (Wildman–Crippen MR) is 76.0 cm³/mol. The lowest BCUT2D eigenvalue weighted by Crippen LogP contribution is -2.12. The highest BCUT2D eigenvalue weighted by atomic mass is 79.9. The zero-order valence-corrected chi connectivity index (χ0v) is 12.2. The summed E-state index contributed by atoms with van der Waals surface area (Å²) >= 11 is 9.35. The molecule has 0 unspecified atom stereocenters. The summed E-state index contributed by atoms with van der Waals surface area (Å²) in [5.74, 6) is -1.01. The van der Waals surface area contributed by atoms with Gasteiger partial charge in [-0.1, -0.05) is 11.6 Å². The number of carbonyl (C=O) groups excluding carboxylic acids is 1. The maximum atomic E-state index is 12.7. The van der Waals surface area contributed by atoms with E-state index in [0.29, 0.717) is 10.7 Å². The fourth-order valence-electron chi connectivity index (χ4n) is 1.45. The van der Waals surface area contributed by atoms with Crippen LogP contribution in [0, 0.1) is 12.9 Å². The van der Waals surface area contributed by atoms with Crippen LogP contribution in [-0.4, -0.2) is 10.9 Å². The van der Waals surface area contributed by atoms with Crippen LogP contribution in [0.2, 0.25) is 5.02 Å². The summed E-state index contributed by atoms with van der Waals surface area (Å²) in [6, 6.07) is 5.95. The Bertz CT molecular complexity index is 631. The minimum absolute atomic E-state index is 0.269. The minimum atomic E-state index is -0.629. The van der Waals surface area contributed by atoms with Crippen molar-refractivity contribution in [1.82, 2.24) is 4.98 Å². The number of hydrogen-bond acceptors (Lipinski definition) is 2. The van der Waals surface area contributed by atoms with Crippen LogP contribution in [0.25, 0.3) is 0 Å². The highest BCUT2D eigenvalue weighted by Gasteiger charge is 2.10. The van der Waals surface area contributed by atoms with E-state index in [1.807, 2.05) is 6.92 Å². The second-order valence-corrected chi connectivity index (χ2v) is 5.17. The summed E-state index contributed by atoms with van der Waals surface area (Å²) in [6.07, 6.45) is 1.17. The van der Waals surface area contributed by atoms with E-state index < -0.39 is 5.95 Å². The number of halogens is 3. The van der Waals surface area contributed by atoms with Crippen LogP contribution in [0.5, 0.6) is 0 Å². The van der Waals surface area contributed by atoms with Gasteiger partial charge in [0.2, 0.25) is 5.95 Å². The highest BCUT2D eigenvalue weighted by Crippen LogP contribution is 2.29. The molecule has 0 bridgehead atoms. The number of aryl methyl sites for hydroxylation is 1. The van der Waals surface area contributed by atoms with Crippen LogP contribution in [-0.2, 0) is 0 Å². The number of nitrogens with one attached hydrogen (secondary N) is 1. The molecule has 6 heteroatoms. The van der Waals surface area contributed by atoms with Crippen LogP contribution < -0.4 is 5.32 Å². The summed E-state index contributed by atoms with van der Waals surface area (Å²) in [4.78, 5) is 15.4. The first-order valence-corrected chi connectivity index (χ1v) is 6.53. The van der Waals surface area contributed by atoms with Crippen molar-refractivity contribution in [2.75, 3.05) is 5.32 Å². The molecule has 1 aromatic carbocycles. The minimum Gasteiger partial charge on any atom is -0.321 e. The Hall–Kier alpha value is -1.46. The second kappa shape index (κ2) is 5.67. The molecular weight excluding hydrogens is 335 g/mol. The molecule has 0 aliphatic carbocycles. The van der Waals surface area contributed by atoms with E-state index in [2.05, 4.69) is 26.2 Å². The van der Waals surface area contributed by atoms with Gasteiger partial charge in [-0.3, -0.25) is 4.79 Å². The van der Waals surface area contributed by atoms with Crippen molar-refractivity contribution >= 4 is 39.1 Å². The highest BCUT2D eigenvalue weighted by molar-refractivity contribution is 9.10. The number of carbonyl (C=O) groups is 1. The molecule has 0 saturated heterocycles. The van der Waals surface area contributed by atoms with E-state index in [4.69, 9.17) is 11.6 Å². The van der Waals surface area contributed by atoms with Gasteiger partial charge in [0, 0.05) is 15.7 Å². The van der Waals surface area contributed by atoms with Gasteiger partial charge in [-0.15, -0.1) is 0 Å². The van der Waals surface area contributed by atoms with Crippen LogP contribution >= 0.6 is 27.5 Å². The first-order chi connectivity index (χ1) is 8.97. The lowest BCUT2D eigenvalue weighted by atomic mass is 10.2. The Morgan fingerprint density at radius 2 is 2.16 bits per heavy atom. The van der Waals surface area contributed by atoms with Gasteiger partial charge in [0.25, 0.3) is 5.91 Å². The van der Waals surface area contributed by atoms with E-state index in [9.17, 15) is 9.18 Å². The fourth-order valence-corrected chi connectivity index (χ4v) is 2.17. The molecule has 0 saturated carbocycles. The van der Waals surface area contributed by atoms with Crippen LogP contribution in [0.4, 0.5) is 10.1 Å². The Balaban J connectivity index is 2.24. The first kappa shape index (κ1) is 14.0. The van der Waals surface area contributed by atoms with E-state index >= 15 is 0 Å². The fraction of sp³-hybridized carbons (Fsp3) is 0.0769. The molecule has 1 heterocycles. The molecule has 1 aromatic heterocycles. The smallest absolute Gasteiger partial charge is 0.257 e. The maximum Gasteiger partial charge on any atom is 0.257 e. The van der Waals surface area contributed by atoms with Gasteiger partial charge in [-0.25, -0.2) is 4.98 Å². The van der Waals surface area contributed by atoms with Crippen molar-refractivity contribution in [2.24, 2.45) is 0 Å². The van der Waals surface area contributed by atoms with E-state index in [1.54, 1.807) is 12.1 Å². The molecule has 98 valence electrons. The van der Waals surface area contributed by atoms with Crippen molar-refractivity contribution in [2.45, 2.75) is 6.92 Å². The first-order valence-electron chi connectivity index (χ1n) is 5.36. The van der Waals surface area contributed by atoms with Crippen molar-refractivity contribution in [1.29, 1.82) is 0 Å². The third kappa shape index (κ3) is 3.30. The molecule has 0 atom stereocenters. The summed E-state index contributed by atoms with van der Waals surface area (Å²) in [5, 5.41) is 3.23. The van der Waals surface area contributed by atoms with Crippen molar-refractivity contribution in [3.05, 3.63) is 57.0 Å². The number of anilines is 1. The molecule has 0 fully saturated rings. The number of amides is 1. The number of pyridine rings is 1. The molecule has 0 aliphatic rings. The Kier molecular flexibility index (Phi) is 4.17. The van der Waals surface area contributed by atoms with Gasteiger partial charge in [0.1, 0.15) is 0 Å². The maximum absolute atomic E-state index is 12.7. The molecular formula is C13H9BrClFN2O. The monoisotopic (exact) mass is 342 g/mol. The molecule has 0 radical (unpaired) electrons. The van der Waals surface area contributed by atoms with Crippen LogP contribution in [0.15, 0.2) is 34.9 Å². The standard InChI is InChI=1S/C13H9BrClFN2O/c1-7-4-9(14)11(5-10(7)15)18-13(19)8-2-3-12(16)17-6-8/h2-6H,1H3,(H,18,19). The molecule has 2 aromatic rings. The quantitative estimate of drug-likeness (QED) is 0.831. The molecule has 1 amide bonds. The molecule has 0 spiro atoms. The van der Waals surface area contributed by atoms with E-state index in [0.717, 1.165) is 16.1 Å². The summed E-state index contributed by atoms with van der Waals surface area (Å²) in [6.45, 7) is 1.86. The lowest BCUT2D eigenvalue weighted by molar-refractivity contribution is 0.102. The third-order valence-electron chi connectivity index (χ3n) is 2.49. The zero-order chi connectivity index (χ0) is 14.0. The van der Waals surface area contributed by atoms with Crippen LogP contribution in [0.1, 0.15) is 15.9 Å². The normalized spacial score (nSPS) is 10.3.